The number of nitrogens with zero attached hydrogens (tertiary/aromatic N) is 5. The van der Waals surface area contributed by atoms with E-state index in [9.17, 15) is 0 Å². The Kier molecular flexibility index (Phi) is 4.76. The van der Waals surface area contributed by atoms with Crippen molar-refractivity contribution in [1.82, 2.24) is 19.4 Å². The van der Waals surface area contributed by atoms with Crippen molar-refractivity contribution < 1.29 is 0 Å². The maximum absolute atomic E-state index is 4.52. The van der Waals surface area contributed by atoms with Crippen molar-refractivity contribution in [2.45, 2.75) is 0 Å². The Labute approximate surface area is 174 Å². The van der Waals surface area contributed by atoms with Crippen LogP contribution in [0.5, 0.6) is 0 Å². The predicted molar refractivity (Wildman–Crippen MR) is 120 cm³/mol. The molecule has 5 aromatic rings. The summed E-state index contributed by atoms with van der Waals surface area (Å²) in [5.41, 5.74) is 6.55. The van der Waals surface area contributed by atoms with E-state index >= 15 is 0 Å². The van der Waals surface area contributed by atoms with E-state index in [1.54, 1.807) is 17.3 Å². The Morgan fingerprint density at radius 3 is 1.87 bits per heavy atom. The molecule has 0 saturated carbocycles. The van der Waals surface area contributed by atoms with Crippen LogP contribution in [0.3, 0.4) is 0 Å². The highest BCUT2D eigenvalue weighted by Crippen LogP contribution is 2.35. The van der Waals surface area contributed by atoms with Crippen molar-refractivity contribution in [3.8, 4) is 28.2 Å². The average molecular weight is 389 g/mol. The fourth-order valence-electron chi connectivity index (χ4n) is 3.57. The van der Waals surface area contributed by atoms with Crippen LogP contribution in [0.1, 0.15) is 5.56 Å². The molecule has 2 aromatic heterocycles. The topological polar surface area (TPSA) is 48.0 Å². The summed E-state index contributed by atoms with van der Waals surface area (Å²) < 4.78 is 3.88. The summed E-state index contributed by atoms with van der Waals surface area (Å²) in [6.07, 6.45) is 5.01. The van der Waals surface area contributed by atoms with Crippen molar-refractivity contribution in [1.29, 1.82) is 0 Å². The molecule has 5 nitrogen and oxygen atoms in total. The third-order valence-electron chi connectivity index (χ3n) is 4.90. The minimum atomic E-state index is 1.01. The molecular weight excluding hydrogens is 370 g/mol. The zero-order valence-corrected chi connectivity index (χ0v) is 16.2. The molecule has 3 aromatic carbocycles. The molecule has 0 fully saturated rings. The van der Waals surface area contributed by atoms with Gasteiger partial charge in [-0.2, -0.15) is 5.10 Å². The Bertz CT molecular complexity index is 1260. The van der Waals surface area contributed by atoms with Gasteiger partial charge in [-0.25, -0.2) is 4.68 Å². The van der Waals surface area contributed by atoms with E-state index in [0.29, 0.717) is 0 Å². The lowest BCUT2D eigenvalue weighted by atomic mass is 10.1. The zero-order chi connectivity index (χ0) is 20.2. The smallest absolute Gasteiger partial charge is 0.141 e. The van der Waals surface area contributed by atoms with Gasteiger partial charge in [0.1, 0.15) is 12.7 Å². The molecule has 144 valence electrons. The average Bonchev–Trinajstić information content (AvgIpc) is 3.47. The van der Waals surface area contributed by atoms with Gasteiger partial charge in [0.15, 0.2) is 0 Å². The number of benzene rings is 3. The molecule has 5 rings (SSSR count). The van der Waals surface area contributed by atoms with E-state index in [-0.39, 0.29) is 0 Å². The molecule has 0 atom stereocenters. The molecule has 0 N–H and O–H groups in total. The van der Waals surface area contributed by atoms with Gasteiger partial charge < -0.3 is 4.57 Å². The van der Waals surface area contributed by atoms with Crippen molar-refractivity contribution >= 4 is 6.21 Å². The molecule has 0 aliphatic rings. The zero-order valence-electron chi connectivity index (χ0n) is 16.2. The second-order valence-electron chi connectivity index (χ2n) is 6.82. The van der Waals surface area contributed by atoms with Gasteiger partial charge in [-0.3, -0.25) is 0 Å². The van der Waals surface area contributed by atoms with Crippen LogP contribution in [0, 0.1) is 0 Å². The van der Waals surface area contributed by atoms with Crippen LogP contribution >= 0.6 is 0 Å². The first-order valence-corrected chi connectivity index (χ1v) is 9.71. The molecular formula is C25H19N5. The van der Waals surface area contributed by atoms with Crippen LogP contribution in [0.25, 0.3) is 28.2 Å². The summed E-state index contributed by atoms with van der Waals surface area (Å²) in [7, 11) is 0. The van der Waals surface area contributed by atoms with Gasteiger partial charge in [-0.15, -0.1) is 10.2 Å². The number of hydrogen-bond donors (Lipinski definition) is 0. The quantitative estimate of drug-likeness (QED) is 0.384. The van der Waals surface area contributed by atoms with E-state index < -0.39 is 0 Å². The number of hydrogen-bond acceptors (Lipinski definition) is 3. The largest absolute Gasteiger partial charge is 0.309 e. The first-order valence-electron chi connectivity index (χ1n) is 9.71. The van der Waals surface area contributed by atoms with Gasteiger partial charge in [-0.1, -0.05) is 78.9 Å². The standard InChI is InChI=1S/C25H19N5/c1-4-10-20(11-5-1)24-16-22(17-28-29-18-26-27-19-29)25(21-12-6-2-7-13-21)30(24)23-14-8-3-9-15-23/h1-19H/b28-17-. The van der Waals surface area contributed by atoms with Gasteiger partial charge in [-0.05, 0) is 29.3 Å². The summed E-state index contributed by atoms with van der Waals surface area (Å²) in [4.78, 5) is 0. The molecule has 0 aliphatic heterocycles. The molecule has 0 bridgehead atoms. The number of aromatic nitrogens is 4. The number of rotatable bonds is 5. The molecule has 0 aliphatic carbocycles. The summed E-state index contributed by atoms with van der Waals surface area (Å²) >= 11 is 0. The first kappa shape index (κ1) is 17.8. The molecule has 2 heterocycles. The van der Waals surface area contributed by atoms with E-state index in [0.717, 1.165) is 33.8 Å². The van der Waals surface area contributed by atoms with Gasteiger partial charge in [0.05, 0.1) is 17.6 Å². The highest BCUT2D eigenvalue weighted by molar-refractivity contribution is 5.93. The van der Waals surface area contributed by atoms with Crippen LogP contribution in [0.4, 0.5) is 0 Å². The Balaban J connectivity index is 1.79. The van der Waals surface area contributed by atoms with Crippen LogP contribution in [0.15, 0.2) is 115 Å². The Morgan fingerprint density at radius 2 is 1.23 bits per heavy atom. The first-order chi connectivity index (χ1) is 14.9. The lowest BCUT2D eigenvalue weighted by molar-refractivity contribution is 0.878. The predicted octanol–water partition coefficient (Wildman–Crippen LogP) is 5.29. The van der Waals surface area contributed by atoms with Crippen LogP contribution < -0.4 is 0 Å². The lowest BCUT2D eigenvalue weighted by Crippen LogP contribution is -2.00. The highest BCUT2D eigenvalue weighted by atomic mass is 15.4. The summed E-state index contributed by atoms with van der Waals surface area (Å²) in [5.74, 6) is 0. The number of para-hydroxylation sites is 1. The van der Waals surface area contributed by atoms with Crippen LogP contribution in [-0.4, -0.2) is 25.7 Å². The molecule has 0 spiro atoms. The van der Waals surface area contributed by atoms with E-state index in [1.165, 1.54) is 0 Å². The molecule has 0 radical (unpaired) electrons. The molecule has 0 unspecified atom stereocenters. The molecule has 5 heteroatoms. The Hall–Kier alpha value is -4.25. The van der Waals surface area contributed by atoms with Gasteiger partial charge in [0, 0.05) is 11.3 Å². The third kappa shape index (κ3) is 3.44. The lowest BCUT2D eigenvalue weighted by Gasteiger charge is -2.15. The minimum absolute atomic E-state index is 1.01. The second-order valence-corrected chi connectivity index (χ2v) is 6.82. The van der Waals surface area contributed by atoms with Crippen molar-refractivity contribution in [2.75, 3.05) is 0 Å². The monoisotopic (exact) mass is 389 g/mol. The second kappa shape index (κ2) is 8.01. The van der Waals surface area contributed by atoms with Crippen molar-refractivity contribution in [3.05, 3.63) is 115 Å². The van der Waals surface area contributed by atoms with E-state index in [4.69, 9.17) is 0 Å². The fourth-order valence-corrected chi connectivity index (χ4v) is 3.57. The van der Waals surface area contributed by atoms with Gasteiger partial charge >= 0.3 is 0 Å². The van der Waals surface area contributed by atoms with Gasteiger partial charge in [0.2, 0.25) is 0 Å². The fraction of sp³-hybridized carbons (Fsp3) is 0. The molecule has 0 saturated heterocycles. The van der Waals surface area contributed by atoms with Crippen molar-refractivity contribution in [2.24, 2.45) is 5.10 Å². The summed E-state index contributed by atoms with van der Waals surface area (Å²) in [5, 5.41) is 12.2. The maximum atomic E-state index is 4.52. The van der Waals surface area contributed by atoms with Gasteiger partial charge in [0.25, 0.3) is 0 Å². The minimum Gasteiger partial charge on any atom is -0.309 e. The summed E-state index contributed by atoms with van der Waals surface area (Å²) in [6.45, 7) is 0. The van der Waals surface area contributed by atoms with Crippen LogP contribution in [-0.2, 0) is 0 Å². The van der Waals surface area contributed by atoms with E-state index in [2.05, 4.69) is 98.7 Å². The molecule has 0 amide bonds. The normalized spacial score (nSPS) is 11.2. The highest BCUT2D eigenvalue weighted by Gasteiger charge is 2.18. The Morgan fingerprint density at radius 1 is 0.667 bits per heavy atom. The van der Waals surface area contributed by atoms with E-state index in [1.807, 2.05) is 24.4 Å². The van der Waals surface area contributed by atoms with Crippen molar-refractivity contribution in [3.63, 3.8) is 0 Å². The summed E-state index contributed by atoms with van der Waals surface area (Å²) in [6, 6.07) is 33.4. The molecule has 30 heavy (non-hydrogen) atoms. The maximum Gasteiger partial charge on any atom is 0.141 e. The van der Waals surface area contributed by atoms with Crippen LogP contribution in [0.2, 0.25) is 0 Å². The third-order valence-corrected chi connectivity index (χ3v) is 4.90. The SMILES string of the molecule is C(=N/n1cnnc1)/c1cc(-c2ccccc2)n(-c2ccccc2)c1-c1ccccc1.